The summed E-state index contributed by atoms with van der Waals surface area (Å²) in [6, 6.07) is 14.2. The molecule has 5 aromatic heterocycles. The fraction of sp³-hybridized carbons (Fsp3) is 0. The number of rotatable bonds is 3. The third-order valence-corrected chi connectivity index (χ3v) is 5.63. The van der Waals surface area contributed by atoms with Gasteiger partial charge in [0.1, 0.15) is 5.52 Å². The Hall–Kier alpha value is -3.78. The first-order chi connectivity index (χ1) is 13.9. The van der Waals surface area contributed by atoms with E-state index >= 15 is 0 Å². The van der Waals surface area contributed by atoms with Gasteiger partial charge in [-0.05, 0) is 29.6 Å². The van der Waals surface area contributed by atoms with Gasteiger partial charge in [-0.2, -0.15) is 10.2 Å². The lowest BCUT2D eigenvalue weighted by atomic mass is 10.1. The Kier molecular flexibility index (Phi) is 3.20. The van der Waals surface area contributed by atoms with E-state index in [1.165, 1.54) is 4.88 Å². The zero-order valence-corrected chi connectivity index (χ0v) is 15.3. The number of hydrogen-bond donors (Lipinski definition) is 3. The summed E-state index contributed by atoms with van der Waals surface area (Å²) < 4.78 is 0. The van der Waals surface area contributed by atoms with E-state index in [2.05, 4.69) is 49.0 Å². The number of thiophene rings is 1. The van der Waals surface area contributed by atoms with E-state index in [0.717, 1.165) is 38.9 Å². The van der Waals surface area contributed by atoms with E-state index in [1.54, 1.807) is 17.5 Å². The Morgan fingerprint density at radius 1 is 0.893 bits per heavy atom. The van der Waals surface area contributed by atoms with Crippen LogP contribution in [0, 0.1) is 0 Å². The normalized spacial score (nSPS) is 11.6. The fourth-order valence-electron chi connectivity index (χ4n) is 3.39. The van der Waals surface area contributed by atoms with Crippen molar-refractivity contribution in [1.29, 1.82) is 0 Å². The predicted octanol–water partition coefficient (Wildman–Crippen LogP) is 4.62. The first kappa shape index (κ1) is 15.3. The quantitative estimate of drug-likeness (QED) is 0.415. The van der Waals surface area contributed by atoms with Gasteiger partial charge in [0.05, 0.1) is 28.4 Å². The lowest BCUT2D eigenvalue weighted by molar-refractivity contribution is 1.09. The van der Waals surface area contributed by atoms with Gasteiger partial charge in [-0.15, -0.1) is 11.3 Å². The molecule has 0 fully saturated rings. The van der Waals surface area contributed by atoms with Crippen LogP contribution in [0.25, 0.3) is 55.3 Å². The maximum absolute atomic E-state index is 4.86. The van der Waals surface area contributed by atoms with Crippen molar-refractivity contribution in [3.63, 3.8) is 0 Å². The number of nitrogens with one attached hydrogen (secondary N) is 3. The Balaban J connectivity index is 1.55. The van der Waals surface area contributed by atoms with E-state index < -0.39 is 0 Å². The molecule has 5 heterocycles. The molecule has 0 radical (unpaired) electrons. The SMILES string of the molecule is c1csc(-c2cccc3[nH]c(-c4n[nH]c5ccc(-c6cn[nH]c6)nc45)nc23)c1. The second-order valence-electron chi connectivity index (χ2n) is 6.42. The Morgan fingerprint density at radius 3 is 2.75 bits per heavy atom. The van der Waals surface area contributed by atoms with Gasteiger partial charge in [0.25, 0.3) is 0 Å². The molecule has 28 heavy (non-hydrogen) atoms. The number of aromatic nitrogens is 7. The van der Waals surface area contributed by atoms with Gasteiger partial charge < -0.3 is 4.98 Å². The lowest BCUT2D eigenvalue weighted by Crippen LogP contribution is -1.86. The molecule has 0 aliphatic rings. The zero-order valence-electron chi connectivity index (χ0n) is 14.5. The molecule has 8 heteroatoms. The molecule has 7 nitrogen and oxygen atoms in total. The molecule has 0 aliphatic carbocycles. The first-order valence-corrected chi connectivity index (χ1v) is 9.62. The van der Waals surface area contributed by atoms with Gasteiger partial charge >= 0.3 is 0 Å². The van der Waals surface area contributed by atoms with Crippen molar-refractivity contribution in [1.82, 2.24) is 35.3 Å². The maximum Gasteiger partial charge on any atom is 0.161 e. The standard InChI is InChI=1S/C20H13N7S/c1-3-12(16-5-2-8-28-16)17-14(4-1)24-20(25-17)19-18-15(26-27-19)7-6-13(23-18)11-9-21-22-10-11/h1-10H,(H,21,22)(H,24,25)(H,26,27). The van der Waals surface area contributed by atoms with Crippen LogP contribution in [0.5, 0.6) is 0 Å². The summed E-state index contributed by atoms with van der Waals surface area (Å²) in [5, 5.41) is 16.4. The van der Waals surface area contributed by atoms with Crippen LogP contribution < -0.4 is 0 Å². The first-order valence-electron chi connectivity index (χ1n) is 8.74. The highest BCUT2D eigenvalue weighted by atomic mass is 32.1. The molecule has 0 saturated carbocycles. The van der Waals surface area contributed by atoms with Gasteiger partial charge in [-0.3, -0.25) is 10.2 Å². The number of aromatic amines is 3. The Bertz CT molecular complexity index is 1410. The van der Waals surface area contributed by atoms with Crippen LogP contribution in [-0.4, -0.2) is 35.3 Å². The summed E-state index contributed by atoms with van der Waals surface area (Å²) in [6.45, 7) is 0. The highest BCUT2D eigenvalue weighted by molar-refractivity contribution is 7.13. The highest BCUT2D eigenvalue weighted by Crippen LogP contribution is 2.33. The average Bonchev–Trinajstić information content (AvgIpc) is 3.53. The summed E-state index contributed by atoms with van der Waals surface area (Å²) in [5.41, 5.74) is 7.12. The molecule has 0 bridgehead atoms. The number of pyridine rings is 1. The van der Waals surface area contributed by atoms with Crippen LogP contribution in [0.4, 0.5) is 0 Å². The van der Waals surface area contributed by atoms with Crippen molar-refractivity contribution in [3.8, 4) is 33.2 Å². The van der Waals surface area contributed by atoms with Crippen LogP contribution in [0.15, 0.2) is 60.2 Å². The van der Waals surface area contributed by atoms with Gasteiger partial charge in [-0.1, -0.05) is 18.2 Å². The predicted molar refractivity (Wildman–Crippen MR) is 110 cm³/mol. The van der Waals surface area contributed by atoms with E-state index in [-0.39, 0.29) is 0 Å². The van der Waals surface area contributed by atoms with Crippen molar-refractivity contribution in [2.24, 2.45) is 0 Å². The van der Waals surface area contributed by atoms with E-state index in [0.29, 0.717) is 11.5 Å². The number of imidazole rings is 1. The number of H-pyrrole nitrogens is 3. The highest BCUT2D eigenvalue weighted by Gasteiger charge is 2.17. The fourth-order valence-corrected chi connectivity index (χ4v) is 4.14. The van der Waals surface area contributed by atoms with Gasteiger partial charge in [-0.25, -0.2) is 9.97 Å². The monoisotopic (exact) mass is 383 g/mol. The van der Waals surface area contributed by atoms with Crippen LogP contribution in [-0.2, 0) is 0 Å². The molecule has 0 atom stereocenters. The largest absolute Gasteiger partial charge is 0.336 e. The van der Waals surface area contributed by atoms with Crippen molar-refractivity contribution in [2.75, 3.05) is 0 Å². The molecule has 0 spiro atoms. The third-order valence-electron chi connectivity index (χ3n) is 4.73. The minimum absolute atomic E-state index is 0.696. The van der Waals surface area contributed by atoms with Gasteiger partial charge in [0.2, 0.25) is 0 Å². The van der Waals surface area contributed by atoms with Crippen LogP contribution in [0.3, 0.4) is 0 Å². The summed E-state index contributed by atoms with van der Waals surface area (Å²) in [4.78, 5) is 14.2. The third kappa shape index (κ3) is 2.28. The van der Waals surface area contributed by atoms with E-state index in [1.807, 2.05) is 30.5 Å². The van der Waals surface area contributed by atoms with Gasteiger partial charge in [0, 0.05) is 22.2 Å². The molecule has 134 valence electrons. The lowest BCUT2D eigenvalue weighted by Gasteiger charge is -1.98. The van der Waals surface area contributed by atoms with Crippen molar-refractivity contribution < 1.29 is 0 Å². The number of benzene rings is 1. The van der Waals surface area contributed by atoms with Crippen molar-refractivity contribution in [3.05, 3.63) is 60.2 Å². The molecule has 0 saturated heterocycles. The average molecular weight is 383 g/mol. The molecule has 1 aromatic carbocycles. The molecule has 3 N–H and O–H groups in total. The smallest absolute Gasteiger partial charge is 0.161 e. The molecule has 6 aromatic rings. The van der Waals surface area contributed by atoms with Crippen molar-refractivity contribution in [2.45, 2.75) is 0 Å². The van der Waals surface area contributed by atoms with Crippen molar-refractivity contribution >= 4 is 33.4 Å². The number of fused-ring (bicyclic) bond motifs is 2. The van der Waals surface area contributed by atoms with Crippen LogP contribution in [0.1, 0.15) is 0 Å². The minimum atomic E-state index is 0.696. The second-order valence-corrected chi connectivity index (χ2v) is 7.36. The topological polar surface area (TPSA) is 98.9 Å². The van der Waals surface area contributed by atoms with Crippen LogP contribution in [0.2, 0.25) is 0 Å². The van der Waals surface area contributed by atoms with Crippen LogP contribution >= 0.6 is 11.3 Å². The zero-order chi connectivity index (χ0) is 18.5. The summed E-state index contributed by atoms with van der Waals surface area (Å²) in [7, 11) is 0. The second kappa shape index (κ2) is 5.86. The number of para-hydroxylation sites is 1. The summed E-state index contributed by atoms with van der Waals surface area (Å²) in [5.74, 6) is 0.696. The molecular formula is C20H13N7S. The maximum atomic E-state index is 4.86. The summed E-state index contributed by atoms with van der Waals surface area (Å²) >= 11 is 1.70. The Morgan fingerprint density at radius 2 is 1.89 bits per heavy atom. The van der Waals surface area contributed by atoms with E-state index in [4.69, 9.17) is 9.97 Å². The Labute approximate surface area is 162 Å². The van der Waals surface area contributed by atoms with Gasteiger partial charge in [0.15, 0.2) is 11.5 Å². The molecule has 0 aliphatic heterocycles. The minimum Gasteiger partial charge on any atom is -0.336 e. The molecule has 0 amide bonds. The number of hydrogen-bond acceptors (Lipinski definition) is 5. The molecule has 0 unspecified atom stereocenters. The molecule has 6 rings (SSSR count). The molecular weight excluding hydrogens is 370 g/mol. The summed E-state index contributed by atoms with van der Waals surface area (Å²) in [6.07, 6.45) is 3.57. The number of nitrogens with zero attached hydrogens (tertiary/aromatic N) is 4. The van der Waals surface area contributed by atoms with E-state index in [9.17, 15) is 0 Å².